The van der Waals surface area contributed by atoms with Crippen LogP contribution in [0, 0.1) is 5.82 Å². The number of nitrogens with two attached hydrogens (primary N) is 2. The van der Waals surface area contributed by atoms with Crippen molar-refractivity contribution in [1.29, 1.82) is 0 Å². The van der Waals surface area contributed by atoms with Gasteiger partial charge < -0.3 is 16.8 Å². The minimum Gasteiger partial charge on any atom is -0.385 e. The van der Waals surface area contributed by atoms with Crippen LogP contribution in [0.25, 0.3) is 0 Å². The van der Waals surface area contributed by atoms with Crippen LogP contribution in [-0.4, -0.2) is 18.6 Å². The summed E-state index contributed by atoms with van der Waals surface area (Å²) in [5.74, 6) is 0.181. The Morgan fingerprint density at radius 1 is 1.36 bits per heavy atom. The zero-order valence-electron chi connectivity index (χ0n) is 11.9. The molecular formula is C15H15ClFN5. The monoisotopic (exact) mass is 319 g/mol. The van der Waals surface area contributed by atoms with E-state index in [0.717, 1.165) is 0 Å². The lowest BCUT2D eigenvalue weighted by atomic mass is 10.0. The normalized spacial score (nSPS) is 18.1. The van der Waals surface area contributed by atoms with E-state index in [-0.39, 0.29) is 22.2 Å². The largest absolute Gasteiger partial charge is 0.385 e. The molecule has 0 saturated heterocycles. The van der Waals surface area contributed by atoms with Gasteiger partial charge in [0, 0.05) is 7.05 Å². The maximum absolute atomic E-state index is 14.0. The average molecular weight is 320 g/mol. The fourth-order valence-electron chi connectivity index (χ4n) is 1.90. The lowest BCUT2D eigenvalue weighted by Crippen LogP contribution is -2.23. The highest BCUT2D eigenvalue weighted by Gasteiger charge is 2.19. The van der Waals surface area contributed by atoms with Gasteiger partial charge in [-0.15, -0.1) is 0 Å². The molecule has 22 heavy (non-hydrogen) atoms. The Balaban J connectivity index is 2.60. The summed E-state index contributed by atoms with van der Waals surface area (Å²) in [6.07, 6.45) is 3.28. The van der Waals surface area contributed by atoms with Gasteiger partial charge >= 0.3 is 0 Å². The zero-order chi connectivity index (χ0) is 16.3. The number of hydrogen-bond acceptors (Lipinski definition) is 4. The summed E-state index contributed by atoms with van der Waals surface area (Å²) in [7, 11) is 1.66. The number of nitrogens with one attached hydrogen (secondary N) is 1. The molecule has 0 fully saturated rings. The second-order valence-electron chi connectivity index (χ2n) is 4.43. The molecule has 0 atom stereocenters. The highest BCUT2D eigenvalue weighted by Crippen LogP contribution is 2.23. The molecule has 7 heteroatoms. The van der Waals surface area contributed by atoms with Gasteiger partial charge in [-0.05, 0) is 24.3 Å². The molecule has 0 bridgehead atoms. The van der Waals surface area contributed by atoms with Crippen LogP contribution < -0.4 is 16.8 Å². The highest BCUT2D eigenvalue weighted by molar-refractivity contribution is 6.36. The number of halogens is 2. The van der Waals surface area contributed by atoms with E-state index in [1.165, 1.54) is 12.1 Å². The maximum atomic E-state index is 14.0. The van der Waals surface area contributed by atoms with Crippen molar-refractivity contribution in [1.82, 2.24) is 5.32 Å². The molecule has 1 aromatic rings. The maximum Gasteiger partial charge on any atom is 0.165 e. The fraction of sp³-hybridized carbons (Fsp3) is 0.0667. The minimum absolute atomic E-state index is 0.0643. The molecule has 5 nitrogen and oxygen atoms in total. The SMILES string of the molecule is C=C(N)/N=C1/N=C(c2c(F)cccc2Cl)C=C/C1=C(/N)NC. The number of aliphatic imine (C=N–C) groups is 2. The number of rotatable bonds is 3. The van der Waals surface area contributed by atoms with E-state index in [2.05, 4.69) is 21.9 Å². The van der Waals surface area contributed by atoms with Gasteiger partial charge in [-0.2, -0.15) is 0 Å². The lowest BCUT2D eigenvalue weighted by Gasteiger charge is -2.15. The second-order valence-corrected chi connectivity index (χ2v) is 4.84. The van der Waals surface area contributed by atoms with Gasteiger partial charge in [-0.3, -0.25) is 0 Å². The molecule has 0 amide bonds. The van der Waals surface area contributed by atoms with Crippen molar-refractivity contribution >= 4 is 23.1 Å². The van der Waals surface area contributed by atoms with E-state index in [0.29, 0.717) is 17.1 Å². The Hall–Kier alpha value is -2.60. The molecule has 0 aromatic heterocycles. The Kier molecular flexibility index (Phi) is 4.62. The number of amidine groups is 1. The highest BCUT2D eigenvalue weighted by atomic mass is 35.5. The number of benzene rings is 1. The Morgan fingerprint density at radius 3 is 2.68 bits per heavy atom. The van der Waals surface area contributed by atoms with Gasteiger partial charge in [-0.1, -0.05) is 24.2 Å². The number of allylic oxidation sites excluding steroid dienone is 1. The van der Waals surface area contributed by atoms with Gasteiger partial charge in [0.25, 0.3) is 0 Å². The molecule has 0 saturated carbocycles. The van der Waals surface area contributed by atoms with Crippen LogP contribution in [0.2, 0.25) is 5.02 Å². The quantitative estimate of drug-likeness (QED) is 0.796. The van der Waals surface area contributed by atoms with Crippen LogP contribution in [0.4, 0.5) is 4.39 Å². The fourth-order valence-corrected chi connectivity index (χ4v) is 2.16. The molecule has 0 radical (unpaired) electrons. The van der Waals surface area contributed by atoms with Crippen LogP contribution in [0.15, 0.2) is 64.1 Å². The van der Waals surface area contributed by atoms with Gasteiger partial charge in [-0.25, -0.2) is 14.4 Å². The van der Waals surface area contributed by atoms with Crippen LogP contribution in [-0.2, 0) is 0 Å². The first-order valence-electron chi connectivity index (χ1n) is 6.36. The predicted molar refractivity (Wildman–Crippen MR) is 88.1 cm³/mol. The molecule has 114 valence electrons. The molecular weight excluding hydrogens is 305 g/mol. The van der Waals surface area contributed by atoms with E-state index in [1.54, 1.807) is 25.3 Å². The lowest BCUT2D eigenvalue weighted by molar-refractivity contribution is 0.625. The summed E-state index contributed by atoms with van der Waals surface area (Å²) in [4.78, 5) is 8.34. The second kappa shape index (κ2) is 6.44. The summed E-state index contributed by atoms with van der Waals surface area (Å²) in [5, 5.41) is 3.05. The van der Waals surface area contributed by atoms with Gasteiger partial charge in [0.15, 0.2) is 5.84 Å². The van der Waals surface area contributed by atoms with E-state index in [1.807, 2.05) is 0 Å². The summed E-state index contributed by atoms with van der Waals surface area (Å²) in [5.41, 5.74) is 12.4. The van der Waals surface area contributed by atoms with Crippen molar-refractivity contribution in [3.63, 3.8) is 0 Å². The van der Waals surface area contributed by atoms with E-state index < -0.39 is 5.82 Å². The van der Waals surface area contributed by atoms with E-state index in [4.69, 9.17) is 23.1 Å². The van der Waals surface area contributed by atoms with Crippen molar-refractivity contribution < 1.29 is 4.39 Å². The van der Waals surface area contributed by atoms with Crippen molar-refractivity contribution in [3.05, 3.63) is 70.5 Å². The van der Waals surface area contributed by atoms with Crippen molar-refractivity contribution in [2.75, 3.05) is 7.05 Å². The first-order chi connectivity index (χ1) is 10.4. The number of dihydropyridines is 1. The third-order valence-corrected chi connectivity index (χ3v) is 3.22. The Labute approximate surface area is 132 Å². The van der Waals surface area contributed by atoms with Gasteiger partial charge in [0.05, 0.1) is 21.9 Å². The van der Waals surface area contributed by atoms with Crippen LogP contribution in [0.3, 0.4) is 0 Å². The molecule has 1 aliphatic heterocycles. The molecule has 0 spiro atoms. The van der Waals surface area contributed by atoms with Crippen LogP contribution >= 0.6 is 11.6 Å². The smallest absolute Gasteiger partial charge is 0.165 e. The molecule has 0 aliphatic carbocycles. The third kappa shape index (κ3) is 3.17. The number of nitrogens with zero attached hydrogens (tertiary/aromatic N) is 2. The third-order valence-electron chi connectivity index (χ3n) is 2.90. The standard InChI is InChI=1S/C15H15ClFN5/c1-8(18)21-15-9(14(19)20-2)6-7-12(22-15)13-10(16)4-3-5-11(13)17/h3-7,20H,1,18-19H2,2H3/b14-9+,21-15+. The van der Waals surface area contributed by atoms with Crippen LogP contribution in [0.5, 0.6) is 0 Å². The van der Waals surface area contributed by atoms with Crippen molar-refractivity contribution in [2.24, 2.45) is 21.5 Å². The molecule has 1 aliphatic rings. The molecule has 0 unspecified atom stereocenters. The minimum atomic E-state index is -0.476. The van der Waals surface area contributed by atoms with Crippen LogP contribution in [0.1, 0.15) is 5.56 Å². The first-order valence-corrected chi connectivity index (χ1v) is 6.74. The van der Waals surface area contributed by atoms with Crippen molar-refractivity contribution in [2.45, 2.75) is 0 Å². The van der Waals surface area contributed by atoms with E-state index in [9.17, 15) is 4.39 Å². The zero-order valence-corrected chi connectivity index (χ0v) is 12.7. The van der Waals surface area contributed by atoms with E-state index >= 15 is 0 Å². The predicted octanol–water partition coefficient (Wildman–Crippen LogP) is 2.06. The summed E-state index contributed by atoms with van der Waals surface area (Å²) >= 11 is 6.06. The van der Waals surface area contributed by atoms with Gasteiger partial charge in [0.1, 0.15) is 17.5 Å². The Morgan fingerprint density at radius 2 is 2.09 bits per heavy atom. The van der Waals surface area contributed by atoms with Crippen molar-refractivity contribution in [3.8, 4) is 0 Å². The summed E-state index contributed by atoms with van der Waals surface area (Å²) in [6, 6.07) is 4.42. The molecule has 1 heterocycles. The van der Waals surface area contributed by atoms with Gasteiger partial charge in [0.2, 0.25) is 0 Å². The first kappa shape index (κ1) is 15.8. The molecule has 5 N–H and O–H groups in total. The summed E-state index contributed by atoms with van der Waals surface area (Å²) < 4.78 is 14.0. The molecule has 1 aromatic carbocycles. The molecule has 2 rings (SSSR count). The summed E-state index contributed by atoms with van der Waals surface area (Å²) in [6.45, 7) is 3.51. The topological polar surface area (TPSA) is 88.8 Å². The average Bonchev–Trinajstić information content (AvgIpc) is 2.46. The number of hydrogen-bond donors (Lipinski definition) is 3. The Bertz CT molecular complexity index is 726.